The number of rotatable bonds is 6. The molecule has 0 fully saturated rings. The first-order valence-electron chi connectivity index (χ1n) is 7.12. The van der Waals surface area contributed by atoms with E-state index in [4.69, 9.17) is 44.3 Å². The van der Waals surface area contributed by atoms with Crippen molar-refractivity contribution in [2.75, 3.05) is 12.4 Å². The van der Waals surface area contributed by atoms with Crippen LogP contribution in [0.3, 0.4) is 0 Å². The smallest absolute Gasteiger partial charge is 0.180 e. The van der Waals surface area contributed by atoms with Crippen LogP contribution in [0.2, 0.25) is 15.1 Å². The minimum absolute atomic E-state index is 0.0123. The van der Waals surface area contributed by atoms with Crippen LogP contribution in [0.5, 0.6) is 11.5 Å². The normalized spacial score (nSPS) is 10.7. The highest BCUT2D eigenvalue weighted by molar-refractivity contribution is 6.36. The lowest BCUT2D eigenvalue weighted by atomic mass is 10.2. The van der Waals surface area contributed by atoms with Crippen molar-refractivity contribution < 1.29 is 9.47 Å². The highest BCUT2D eigenvalue weighted by atomic mass is 35.5. The van der Waals surface area contributed by atoms with E-state index in [2.05, 4.69) is 5.32 Å². The molecule has 0 aliphatic heterocycles. The molecule has 0 saturated carbocycles. The fourth-order valence-electron chi connectivity index (χ4n) is 2.06. The Hall–Kier alpha value is -1.29. The molecule has 6 heteroatoms. The van der Waals surface area contributed by atoms with E-state index in [0.717, 1.165) is 11.3 Å². The van der Waals surface area contributed by atoms with E-state index in [1.807, 2.05) is 32.0 Å². The van der Waals surface area contributed by atoms with Gasteiger partial charge < -0.3 is 14.8 Å². The zero-order valence-electron chi connectivity index (χ0n) is 13.1. The van der Waals surface area contributed by atoms with Crippen LogP contribution in [0.25, 0.3) is 0 Å². The number of nitrogens with one attached hydrogen (secondary N) is 1. The molecule has 0 saturated heterocycles. The second-order valence-corrected chi connectivity index (χ2v) is 6.50. The first-order chi connectivity index (χ1) is 10.9. The average molecular weight is 375 g/mol. The molecule has 2 rings (SSSR count). The van der Waals surface area contributed by atoms with E-state index in [0.29, 0.717) is 33.1 Å². The van der Waals surface area contributed by atoms with Gasteiger partial charge in [-0.1, -0.05) is 34.8 Å². The van der Waals surface area contributed by atoms with E-state index >= 15 is 0 Å². The van der Waals surface area contributed by atoms with Gasteiger partial charge in [0, 0.05) is 11.6 Å². The van der Waals surface area contributed by atoms with Crippen molar-refractivity contribution >= 4 is 40.5 Å². The number of hydrogen-bond acceptors (Lipinski definition) is 3. The van der Waals surface area contributed by atoms with Crippen molar-refractivity contribution in [3.63, 3.8) is 0 Å². The van der Waals surface area contributed by atoms with Gasteiger partial charge >= 0.3 is 0 Å². The third-order valence-electron chi connectivity index (χ3n) is 3.06. The summed E-state index contributed by atoms with van der Waals surface area (Å²) in [6.45, 7) is 4.42. The number of hydrogen-bond donors (Lipinski definition) is 1. The molecule has 0 aliphatic carbocycles. The summed E-state index contributed by atoms with van der Waals surface area (Å²) in [5.74, 6) is 1.16. The molecule has 124 valence electrons. The van der Waals surface area contributed by atoms with Gasteiger partial charge in [-0.2, -0.15) is 0 Å². The van der Waals surface area contributed by atoms with Gasteiger partial charge in [0.2, 0.25) is 0 Å². The number of anilines is 1. The first kappa shape index (κ1) is 18.1. The Morgan fingerprint density at radius 1 is 1.04 bits per heavy atom. The highest BCUT2D eigenvalue weighted by Crippen LogP contribution is 2.37. The van der Waals surface area contributed by atoms with Gasteiger partial charge in [0.1, 0.15) is 0 Å². The van der Waals surface area contributed by atoms with Crippen molar-refractivity contribution in [3.05, 3.63) is 51.0 Å². The van der Waals surface area contributed by atoms with Crippen molar-refractivity contribution in [1.82, 2.24) is 0 Å². The quantitative estimate of drug-likeness (QED) is 0.667. The Balaban J connectivity index is 2.18. The van der Waals surface area contributed by atoms with E-state index in [1.165, 1.54) is 0 Å². The lowest BCUT2D eigenvalue weighted by Gasteiger charge is -2.17. The van der Waals surface area contributed by atoms with Crippen LogP contribution >= 0.6 is 34.8 Å². The monoisotopic (exact) mass is 373 g/mol. The molecular weight excluding hydrogens is 357 g/mol. The molecule has 0 unspecified atom stereocenters. The van der Waals surface area contributed by atoms with Gasteiger partial charge in [-0.3, -0.25) is 0 Å². The minimum Gasteiger partial charge on any atom is -0.493 e. The third kappa shape index (κ3) is 4.84. The lowest BCUT2D eigenvalue weighted by molar-refractivity contribution is 0.230. The standard InChI is InChI=1S/C17H18Cl3NO2/c1-10(2)23-17-14(20)6-11(7-16(17)22-3)9-21-15-5-4-12(18)8-13(15)19/h4-8,10,21H,9H2,1-3H3. The molecule has 2 aromatic carbocycles. The minimum atomic E-state index is 0.0123. The van der Waals surface area contributed by atoms with E-state index in [-0.39, 0.29) is 6.10 Å². The molecule has 0 amide bonds. The van der Waals surface area contributed by atoms with Crippen LogP contribution in [0, 0.1) is 0 Å². The van der Waals surface area contributed by atoms with Crippen LogP contribution in [0.4, 0.5) is 5.69 Å². The number of halogens is 3. The van der Waals surface area contributed by atoms with Crippen molar-refractivity contribution in [2.45, 2.75) is 26.5 Å². The summed E-state index contributed by atoms with van der Waals surface area (Å²) in [6, 6.07) is 9.04. The second kappa shape index (κ2) is 8.00. The molecule has 0 radical (unpaired) electrons. The zero-order chi connectivity index (χ0) is 17.0. The van der Waals surface area contributed by atoms with Crippen LogP contribution in [-0.4, -0.2) is 13.2 Å². The predicted molar refractivity (Wildman–Crippen MR) is 97.6 cm³/mol. The van der Waals surface area contributed by atoms with Crippen LogP contribution < -0.4 is 14.8 Å². The van der Waals surface area contributed by atoms with Gasteiger partial charge in [-0.25, -0.2) is 0 Å². The SMILES string of the molecule is COc1cc(CNc2ccc(Cl)cc2Cl)cc(Cl)c1OC(C)C. The Bertz CT molecular complexity index is 690. The Kier molecular flexibility index (Phi) is 6.28. The molecule has 23 heavy (non-hydrogen) atoms. The molecule has 0 atom stereocenters. The number of benzene rings is 2. The van der Waals surface area contributed by atoms with E-state index in [9.17, 15) is 0 Å². The van der Waals surface area contributed by atoms with E-state index < -0.39 is 0 Å². The molecule has 2 aromatic rings. The molecule has 0 aliphatic rings. The van der Waals surface area contributed by atoms with E-state index in [1.54, 1.807) is 19.2 Å². The lowest BCUT2D eigenvalue weighted by Crippen LogP contribution is -2.08. The van der Waals surface area contributed by atoms with Crippen molar-refractivity contribution in [3.8, 4) is 11.5 Å². The molecule has 1 N–H and O–H groups in total. The third-order valence-corrected chi connectivity index (χ3v) is 3.89. The van der Waals surface area contributed by atoms with Crippen LogP contribution in [-0.2, 0) is 6.54 Å². The Morgan fingerprint density at radius 2 is 1.78 bits per heavy atom. The largest absolute Gasteiger partial charge is 0.493 e. The maximum Gasteiger partial charge on any atom is 0.180 e. The van der Waals surface area contributed by atoms with Gasteiger partial charge in [0.05, 0.1) is 28.9 Å². The maximum absolute atomic E-state index is 6.31. The van der Waals surface area contributed by atoms with Crippen LogP contribution in [0.1, 0.15) is 19.4 Å². The summed E-state index contributed by atoms with van der Waals surface area (Å²) >= 11 is 18.4. The molecule has 0 bridgehead atoms. The van der Waals surface area contributed by atoms with Gasteiger partial charge in [-0.05, 0) is 49.7 Å². The van der Waals surface area contributed by atoms with Gasteiger partial charge in [0.25, 0.3) is 0 Å². The van der Waals surface area contributed by atoms with Crippen LogP contribution in [0.15, 0.2) is 30.3 Å². The van der Waals surface area contributed by atoms with Crippen molar-refractivity contribution in [2.24, 2.45) is 0 Å². The predicted octanol–water partition coefficient (Wildman–Crippen LogP) is 6.05. The summed E-state index contributed by atoms with van der Waals surface area (Å²) in [7, 11) is 1.59. The fourth-order valence-corrected chi connectivity index (χ4v) is 2.81. The second-order valence-electron chi connectivity index (χ2n) is 5.25. The first-order valence-corrected chi connectivity index (χ1v) is 8.26. The zero-order valence-corrected chi connectivity index (χ0v) is 15.4. The molecule has 0 heterocycles. The molecule has 0 spiro atoms. The van der Waals surface area contributed by atoms with Gasteiger partial charge in [-0.15, -0.1) is 0 Å². The molecule has 3 nitrogen and oxygen atoms in total. The summed E-state index contributed by atoms with van der Waals surface area (Å²) in [4.78, 5) is 0. The Morgan fingerprint density at radius 3 is 2.39 bits per heavy atom. The number of ether oxygens (including phenoxy) is 2. The molecular formula is C17H18Cl3NO2. The number of methoxy groups -OCH3 is 1. The fraction of sp³-hybridized carbons (Fsp3) is 0.294. The maximum atomic E-state index is 6.31. The summed E-state index contributed by atoms with van der Waals surface area (Å²) in [5.41, 5.74) is 1.75. The topological polar surface area (TPSA) is 30.5 Å². The summed E-state index contributed by atoms with van der Waals surface area (Å²) in [5, 5.41) is 4.92. The highest BCUT2D eigenvalue weighted by Gasteiger charge is 2.13. The molecule has 0 aromatic heterocycles. The van der Waals surface area contributed by atoms with Gasteiger partial charge in [0.15, 0.2) is 11.5 Å². The average Bonchev–Trinajstić information content (AvgIpc) is 2.48. The van der Waals surface area contributed by atoms with Crippen molar-refractivity contribution in [1.29, 1.82) is 0 Å². The Labute approximate surface area is 151 Å². The summed E-state index contributed by atoms with van der Waals surface area (Å²) in [6.07, 6.45) is 0.0123. The summed E-state index contributed by atoms with van der Waals surface area (Å²) < 4.78 is 11.1.